The van der Waals surface area contributed by atoms with Crippen LogP contribution in [0.3, 0.4) is 0 Å². The minimum Gasteiger partial charge on any atom is -0.307 e. The van der Waals surface area contributed by atoms with E-state index in [2.05, 4.69) is 291 Å². The molecule has 0 unspecified atom stereocenters. The molecule has 13 aromatic carbocycles. The largest absolute Gasteiger partial charge is 0.307 e. The third-order valence-electron chi connectivity index (χ3n) is 18.5. The second kappa shape index (κ2) is 17.3. The number of pyridine rings is 1. The molecular weight excluding hydrogens is 1020 g/mol. The van der Waals surface area contributed by atoms with Crippen LogP contribution in [-0.4, -0.2) is 23.3 Å². The number of fused-ring (bicyclic) bond motifs is 25. The molecule has 18 aromatic rings. The fraction of sp³-hybridized carbons (Fsp3) is 0.0253. The molecule has 5 aromatic heterocycles. The average molecular weight is 1070 g/mol. The SMILES string of the molecule is C1=CC(c2cc(-n3c4c5ccccc5ccc4c4ccc5c6ccc7ccccc7c6n(-c6ccccc6)c5c43)nc(-n3c4c5ccccc5c5ccccc5c4c4ccc5c6ccc7ccccc7c6n(-c6ccccc6)c5c43)c2)=CCC1. The molecule has 5 heteroatoms. The molecule has 0 saturated carbocycles. The third kappa shape index (κ3) is 6.19. The Bertz CT molecular complexity index is 5960. The van der Waals surface area contributed by atoms with E-state index in [0.29, 0.717) is 0 Å². The lowest BCUT2D eigenvalue weighted by atomic mass is 9.96. The number of hydrogen-bond acceptors (Lipinski definition) is 1. The molecule has 84 heavy (non-hydrogen) atoms. The molecule has 1 aliphatic carbocycles. The minimum atomic E-state index is 0.849. The standard InChI is InChI=1S/C79H49N5/c1-4-20-48(21-5-1)52-46-69(83-74-57-31-15-12-24-51(57)38-41-64(74)67-43-42-65-62-39-36-49-22-10-13-29-55(49)72(62)81(76(65)78(67)83)53-25-6-2-7-26-53)80-70(47-52)84-75-61-35-19-17-33-59(61)58-32-16-18-34-60(58)71(75)68-45-44-66-63-40-37-50-23-11-14-30-56(50)73(63)82(77(66)79(68)84)54-27-8-3-9-28-54/h2-4,6-47H,1,5H2. The van der Waals surface area contributed by atoms with Gasteiger partial charge in [-0.3, -0.25) is 9.13 Å². The number of hydrogen-bond donors (Lipinski definition) is 0. The fourth-order valence-corrected chi connectivity index (χ4v) is 15.0. The summed E-state index contributed by atoms with van der Waals surface area (Å²) in [6.07, 6.45) is 9.05. The number of para-hydroxylation sites is 2. The highest BCUT2D eigenvalue weighted by atomic mass is 15.2. The summed E-state index contributed by atoms with van der Waals surface area (Å²) < 4.78 is 10.2. The van der Waals surface area contributed by atoms with Gasteiger partial charge in [0.1, 0.15) is 11.6 Å². The Balaban J connectivity index is 1.06. The molecule has 0 N–H and O–H groups in total. The Morgan fingerprint density at radius 3 is 1.12 bits per heavy atom. The molecule has 0 atom stereocenters. The first kappa shape index (κ1) is 45.7. The summed E-state index contributed by atoms with van der Waals surface area (Å²) in [5, 5.41) is 21.6. The summed E-state index contributed by atoms with van der Waals surface area (Å²) >= 11 is 0. The third-order valence-corrected chi connectivity index (χ3v) is 18.5. The molecule has 0 saturated heterocycles. The molecule has 0 aliphatic heterocycles. The highest BCUT2D eigenvalue weighted by molar-refractivity contribution is 6.36. The quantitative estimate of drug-likeness (QED) is 0.158. The summed E-state index contributed by atoms with van der Waals surface area (Å²) in [6, 6.07) is 94.8. The Labute approximate surface area is 481 Å². The summed E-state index contributed by atoms with van der Waals surface area (Å²) in [6.45, 7) is 0. The molecule has 0 amide bonds. The summed E-state index contributed by atoms with van der Waals surface area (Å²) in [4.78, 5) is 6.29. The van der Waals surface area contributed by atoms with E-state index in [1.165, 1.54) is 114 Å². The van der Waals surface area contributed by atoms with Gasteiger partial charge in [-0.1, -0.05) is 237 Å². The van der Waals surface area contributed by atoms with E-state index in [1.54, 1.807) is 0 Å². The van der Waals surface area contributed by atoms with Gasteiger partial charge in [-0.25, -0.2) is 4.98 Å². The van der Waals surface area contributed by atoms with Crippen LogP contribution in [-0.2, 0) is 0 Å². The molecule has 0 spiro atoms. The van der Waals surface area contributed by atoms with Crippen LogP contribution in [0.4, 0.5) is 0 Å². The van der Waals surface area contributed by atoms with Gasteiger partial charge in [0.25, 0.3) is 0 Å². The summed E-state index contributed by atoms with van der Waals surface area (Å²) in [5.74, 6) is 1.70. The lowest BCUT2D eigenvalue weighted by Gasteiger charge is -2.18. The molecule has 390 valence electrons. The summed E-state index contributed by atoms with van der Waals surface area (Å²) in [5.41, 5.74) is 13.7. The van der Waals surface area contributed by atoms with Crippen molar-refractivity contribution in [1.82, 2.24) is 23.3 Å². The maximum atomic E-state index is 6.29. The Morgan fingerprint density at radius 1 is 0.262 bits per heavy atom. The topological polar surface area (TPSA) is 32.6 Å². The number of rotatable bonds is 5. The maximum absolute atomic E-state index is 6.29. The predicted molar refractivity (Wildman–Crippen MR) is 355 cm³/mol. The average Bonchev–Trinajstić information content (AvgIpc) is 1.71. The van der Waals surface area contributed by atoms with E-state index >= 15 is 0 Å². The van der Waals surface area contributed by atoms with Crippen molar-refractivity contribution in [1.29, 1.82) is 0 Å². The van der Waals surface area contributed by atoms with Crippen LogP contribution >= 0.6 is 0 Å². The molecular formula is C79H49N5. The van der Waals surface area contributed by atoms with E-state index in [9.17, 15) is 0 Å². The Kier molecular flexibility index (Phi) is 9.39. The van der Waals surface area contributed by atoms with Gasteiger partial charge in [-0.2, -0.15) is 0 Å². The van der Waals surface area contributed by atoms with Gasteiger partial charge in [-0.15, -0.1) is 0 Å². The summed E-state index contributed by atoms with van der Waals surface area (Å²) in [7, 11) is 0. The van der Waals surface area contributed by atoms with Crippen LogP contribution in [0.25, 0.3) is 170 Å². The number of aromatic nitrogens is 5. The van der Waals surface area contributed by atoms with Gasteiger partial charge in [-0.05, 0) is 92.7 Å². The van der Waals surface area contributed by atoms with Crippen molar-refractivity contribution in [2.45, 2.75) is 12.8 Å². The molecule has 19 rings (SSSR count). The Morgan fingerprint density at radius 2 is 0.619 bits per heavy atom. The first-order chi connectivity index (χ1) is 41.7. The van der Waals surface area contributed by atoms with Crippen molar-refractivity contribution in [3.8, 4) is 23.0 Å². The van der Waals surface area contributed by atoms with Crippen LogP contribution in [0, 0.1) is 0 Å². The second-order valence-electron chi connectivity index (χ2n) is 22.8. The van der Waals surface area contributed by atoms with Crippen LogP contribution in [0.5, 0.6) is 0 Å². The van der Waals surface area contributed by atoms with Crippen molar-refractivity contribution in [2.75, 3.05) is 0 Å². The molecule has 0 fully saturated rings. The van der Waals surface area contributed by atoms with Gasteiger partial charge in [0.05, 0.1) is 44.1 Å². The molecule has 5 heterocycles. The second-order valence-corrected chi connectivity index (χ2v) is 22.8. The first-order valence-electron chi connectivity index (χ1n) is 29.3. The monoisotopic (exact) mass is 1070 g/mol. The number of nitrogens with zero attached hydrogens (tertiary/aromatic N) is 5. The van der Waals surface area contributed by atoms with Crippen LogP contribution in [0.2, 0.25) is 0 Å². The lowest BCUT2D eigenvalue weighted by Crippen LogP contribution is -2.07. The van der Waals surface area contributed by atoms with Crippen molar-refractivity contribution in [2.24, 2.45) is 0 Å². The van der Waals surface area contributed by atoms with Gasteiger partial charge >= 0.3 is 0 Å². The van der Waals surface area contributed by atoms with Gasteiger partial charge in [0, 0.05) is 76.0 Å². The minimum absolute atomic E-state index is 0.849. The molecule has 0 bridgehead atoms. The van der Waals surface area contributed by atoms with Crippen LogP contribution in [0.15, 0.2) is 273 Å². The van der Waals surface area contributed by atoms with Gasteiger partial charge in [0.2, 0.25) is 0 Å². The maximum Gasteiger partial charge on any atom is 0.140 e. The van der Waals surface area contributed by atoms with Crippen molar-refractivity contribution >= 4 is 147 Å². The van der Waals surface area contributed by atoms with E-state index in [-0.39, 0.29) is 0 Å². The molecule has 1 aliphatic rings. The van der Waals surface area contributed by atoms with E-state index < -0.39 is 0 Å². The predicted octanol–water partition coefficient (Wildman–Crippen LogP) is 21.0. The first-order valence-corrected chi connectivity index (χ1v) is 29.3. The highest BCUT2D eigenvalue weighted by Gasteiger charge is 2.29. The molecule has 5 nitrogen and oxygen atoms in total. The van der Waals surface area contributed by atoms with Crippen LogP contribution in [0.1, 0.15) is 18.4 Å². The van der Waals surface area contributed by atoms with Crippen LogP contribution < -0.4 is 0 Å². The zero-order valence-corrected chi connectivity index (χ0v) is 45.6. The normalized spacial score (nSPS) is 13.2. The lowest BCUT2D eigenvalue weighted by molar-refractivity contribution is 1.01. The highest BCUT2D eigenvalue weighted by Crippen LogP contribution is 2.50. The van der Waals surface area contributed by atoms with Crippen molar-refractivity contribution in [3.05, 3.63) is 279 Å². The van der Waals surface area contributed by atoms with Crippen molar-refractivity contribution < 1.29 is 0 Å². The fourth-order valence-electron chi connectivity index (χ4n) is 15.0. The van der Waals surface area contributed by atoms with E-state index in [1.807, 2.05) is 0 Å². The Hall–Kier alpha value is -11.0. The zero-order valence-electron chi connectivity index (χ0n) is 45.6. The van der Waals surface area contributed by atoms with Crippen molar-refractivity contribution in [3.63, 3.8) is 0 Å². The number of benzene rings is 13. The number of allylic oxidation sites excluding steroid dienone is 4. The molecule has 0 radical (unpaired) electrons. The van der Waals surface area contributed by atoms with E-state index in [4.69, 9.17) is 4.98 Å². The van der Waals surface area contributed by atoms with Gasteiger partial charge in [0.15, 0.2) is 0 Å². The van der Waals surface area contributed by atoms with Gasteiger partial charge < -0.3 is 9.13 Å². The zero-order chi connectivity index (χ0) is 54.7. The smallest absolute Gasteiger partial charge is 0.140 e. The van der Waals surface area contributed by atoms with E-state index in [0.717, 1.165) is 74.5 Å².